The van der Waals surface area contributed by atoms with E-state index in [9.17, 15) is 0 Å². The summed E-state index contributed by atoms with van der Waals surface area (Å²) < 4.78 is 0. The SMILES string of the molecule is CC1CCC(NCc2cnc3ccccc3n2)C1C. The minimum Gasteiger partial charge on any atom is -0.308 e. The number of fused-ring (bicyclic) bond motifs is 1. The summed E-state index contributed by atoms with van der Waals surface area (Å²) in [6.07, 6.45) is 4.50. The molecule has 1 aliphatic carbocycles. The van der Waals surface area contributed by atoms with Gasteiger partial charge in [-0.05, 0) is 36.8 Å². The molecule has 1 N–H and O–H groups in total. The third kappa shape index (κ3) is 2.61. The van der Waals surface area contributed by atoms with Crippen molar-refractivity contribution in [1.82, 2.24) is 15.3 Å². The summed E-state index contributed by atoms with van der Waals surface area (Å²) in [5.74, 6) is 1.59. The fourth-order valence-corrected chi connectivity index (χ4v) is 2.97. The molecule has 2 aromatic rings. The lowest BCUT2D eigenvalue weighted by Gasteiger charge is -2.19. The molecule has 1 aromatic heterocycles. The predicted octanol–water partition coefficient (Wildman–Crippen LogP) is 3.15. The molecule has 3 atom stereocenters. The zero-order valence-corrected chi connectivity index (χ0v) is 11.6. The van der Waals surface area contributed by atoms with Gasteiger partial charge in [0, 0.05) is 12.6 Å². The number of nitrogens with zero attached hydrogens (tertiary/aromatic N) is 2. The molecule has 0 bridgehead atoms. The molecular weight excluding hydrogens is 234 g/mol. The molecule has 0 aliphatic heterocycles. The molecule has 3 rings (SSSR count). The van der Waals surface area contributed by atoms with E-state index in [1.807, 2.05) is 30.5 Å². The summed E-state index contributed by atoms with van der Waals surface area (Å²) in [6, 6.07) is 8.65. The Morgan fingerprint density at radius 2 is 1.95 bits per heavy atom. The normalized spacial score (nSPS) is 26.9. The van der Waals surface area contributed by atoms with Crippen LogP contribution in [-0.4, -0.2) is 16.0 Å². The van der Waals surface area contributed by atoms with Crippen LogP contribution in [0.5, 0.6) is 0 Å². The maximum atomic E-state index is 4.66. The van der Waals surface area contributed by atoms with Gasteiger partial charge < -0.3 is 5.32 Å². The minimum absolute atomic E-state index is 0.628. The lowest BCUT2D eigenvalue weighted by molar-refractivity contribution is 0.368. The quantitative estimate of drug-likeness (QED) is 0.915. The number of hydrogen-bond donors (Lipinski definition) is 1. The summed E-state index contributed by atoms with van der Waals surface area (Å²) in [7, 11) is 0. The molecule has 0 amide bonds. The van der Waals surface area contributed by atoms with Gasteiger partial charge in [-0.3, -0.25) is 4.98 Å². The zero-order chi connectivity index (χ0) is 13.2. The van der Waals surface area contributed by atoms with Crippen molar-refractivity contribution < 1.29 is 0 Å². The minimum atomic E-state index is 0.628. The first-order valence-corrected chi connectivity index (χ1v) is 7.18. The Morgan fingerprint density at radius 3 is 2.68 bits per heavy atom. The van der Waals surface area contributed by atoms with Crippen molar-refractivity contribution in [2.24, 2.45) is 11.8 Å². The second-order valence-electron chi connectivity index (χ2n) is 5.75. The monoisotopic (exact) mass is 255 g/mol. The largest absolute Gasteiger partial charge is 0.308 e. The van der Waals surface area contributed by atoms with Gasteiger partial charge in [0.2, 0.25) is 0 Å². The topological polar surface area (TPSA) is 37.8 Å². The molecule has 3 unspecified atom stereocenters. The van der Waals surface area contributed by atoms with E-state index < -0.39 is 0 Å². The van der Waals surface area contributed by atoms with Crippen molar-refractivity contribution in [1.29, 1.82) is 0 Å². The van der Waals surface area contributed by atoms with Crippen LogP contribution in [0.2, 0.25) is 0 Å². The van der Waals surface area contributed by atoms with Gasteiger partial charge in [0.15, 0.2) is 0 Å². The molecule has 3 nitrogen and oxygen atoms in total. The van der Waals surface area contributed by atoms with Crippen LogP contribution in [0, 0.1) is 11.8 Å². The molecule has 0 spiro atoms. The standard InChI is InChI=1S/C16H21N3/c1-11-7-8-14(12(11)2)17-9-13-10-18-15-5-3-4-6-16(15)19-13/h3-6,10-12,14,17H,7-9H2,1-2H3. The van der Waals surface area contributed by atoms with E-state index in [0.717, 1.165) is 35.1 Å². The van der Waals surface area contributed by atoms with Crippen LogP contribution >= 0.6 is 0 Å². The van der Waals surface area contributed by atoms with E-state index in [2.05, 4.69) is 29.1 Å². The summed E-state index contributed by atoms with van der Waals surface area (Å²) in [5, 5.41) is 3.64. The molecule has 0 radical (unpaired) electrons. The van der Waals surface area contributed by atoms with Gasteiger partial charge in [-0.1, -0.05) is 26.0 Å². The van der Waals surface area contributed by atoms with Crippen molar-refractivity contribution in [3.63, 3.8) is 0 Å². The number of aromatic nitrogens is 2. The smallest absolute Gasteiger partial charge is 0.0890 e. The number of para-hydroxylation sites is 2. The van der Waals surface area contributed by atoms with Crippen LogP contribution in [0.3, 0.4) is 0 Å². The number of hydrogen-bond acceptors (Lipinski definition) is 3. The van der Waals surface area contributed by atoms with E-state index in [1.54, 1.807) is 0 Å². The molecule has 1 aromatic carbocycles. The van der Waals surface area contributed by atoms with Gasteiger partial charge in [0.25, 0.3) is 0 Å². The van der Waals surface area contributed by atoms with Crippen LogP contribution in [0.15, 0.2) is 30.5 Å². The van der Waals surface area contributed by atoms with Crippen molar-refractivity contribution in [3.8, 4) is 0 Å². The van der Waals surface area contributed by atoms with Gasteiger partial charge in [-0.15, -0.1) is 0 Å². The fraction of sp³-hybridized carbons (Fsp3) is 0.500. The number of rotatable bonds is 3. The van der Waals surface area contributed by atoms with Crippen molar-refractivity contribution in [2.75, 3.05) is 0 Å². The Kier molecular flexibility index (Phi) is 3.47. The molecule has 19 heavy (non-hydrogen) atoms. The van der Waals surface area contributed by atoms with E-state index in [-0.39, 0.29) is 0 Å². The molecule has 1 saturated carbocycles. The predicted molar refractivity (Wildman–Crippen MR) is 77.7 cm³/mol. The van der Waals surface area contributed by atoms with Crippen LogP contribution in [0.4, 0.5) is 0 Å². The maximum Gasteiger partial charge on any atom is 0.0890 e. The molecule has 1 heterocycles. The number of nitrogens with one attached hydrogen (secondary N) is 1. The Labute approximate surface area is 114 Å². The van der Waals surface area contributed by atoms with E-state index in [4.69, 9.17) is 0 Å². The first-order chi connectivity index (χ1) is 9.24. The Morgan fingerprint density at radius 1 is 1.16 bits per heavy atom. The first-order valence-electron chi connectivity index (χ1n) is 7.18. The van der Waals surface area contributed by atoms with E-state index in [1.165, 1.54) is 12.8 Å². The Bertz CT molecular complexity index is 567. The summed E-state index contributed by atoms with van der Waals surface area (Å²) in [6.45, 7) is 5.52. The van der Waals surface area contributed by atoms with E-state index in [0.29, 0.717) is 6.04 Å². The highest BCUT2D eigenvalue weighted by Gasteiger charge is 2.29. The third-order valence-corrected chi connectivity index (χ3v) is 4.51. The molecule has 100 valence electrons. The number of benzene rings is 1. The lowest BCUT2D eigenvalue weighted by Crippen LogP contribution is -2.32. The van der Waals surface area contributed by atoms with Crippen molar-refractivity contribution in [2.45, 2.75) is 39.3 Å². The molecule has 1 fully saturated rings. The highest BCUT2D eigenvalue weighted by Crippen LogP contribution is 2.31. The van der Waals surface area contributed by atoms with Gasteiger partial charge in [0.05, 0.1) is 22.9 Å². The Balaban J connectivity index is 1.68. The highest BCUT2D eigenvalue weighted by atomic mass is 15.0. The Hall–Kier alpha value is -1.48. The van der Waals surface area contributed by atoms with Crippen molar-refractivity contribution in [3.05, 3.63) is 36.2 Å². The van der Waals surface area contributed by atoms with Gasteiger partial charge in [-0.2, -0.15) is 0 Å². The summed E-state index contributed by atoms with van der Waals surface area (Å²) in [4.78, 5) is 9.11. The second-order valence-corrected chi connectivity index (χ2v) is 5.75. The van der Waals surface area contributed by atoms with Crippen LogP contribution in [0.1, 0.15) is 32.4 Å². The zero-order valence-electron chi connectivity index (χ0n) is 11.6. The summed E-state index contributed by atoms with van der Waals surface area (Å²) >= 11 is 0. The van der Waals surface area contributed by atoms with Crippen molar-refractivity contribution >= 4 is 11.0 Å². The molecule has 3 heteroatoms. The molecule has 0 saturated heterocycles. The van der Waals surface area contributed by atoms with Crippen LogP contribution < -0.4 is 5.32 Å². The maximum absolute atomic E-state index is 4.66. The van der Waals surface area contributed by atoms with Crippen LogP contribution in [0.25, 0.3) is 11.0 Å². The fourth-order valence-electron chi connectivity index (χ4n) is 2.97. The average Bonchev–Trinajstić information content (AvgIpc) is 2.76. The van der Waals surface area contributed by atoms with Gasteiger partial charge in [0.1, 0.15) is 0 Å². The average molecular weight is 255 g/mol. The molecular formula is C16H21N3. The lowest BCUT2D eigenvalue weighted by atomic mass is 9.98. The second kappa shape index (κ2) is 5.25. The van der Waals surface area contributed by atoms with Crippen LogP contribution in [-0.2, 0) is 6.54 Å². The summed E-state index contributed by atoms with van der Waals surface area (Å²) in [5.41, 5.74) is 2.98. The molecule has 1 aliphatic rings. The van der Waals surface area contributed by atoms with E-state index >= 15 is 0 Å². The van der Waals surface area contributed by atoms with Gasteiger partial charge >= 0.3 is 0 Å². The highest BCUT2D eigenvalue weighted by molar-refractivity contribution is 5.73. The third-order valence-electron chi connectivity index (χ3n) is 4.51. The van der Waals surface area contributed by atoms with Gasteiger partial charge in [-0.25, -0.2) is 4.98 Å². The first kappa shape index (κ1) is 12.5.